The summed E-state index contributed by atoms with van der Waals surface area (Å²) in [4.78, 5) is 14.0. The largest absolute Gasteiger partial charge is 0.444 e. The lowest BCUT2D eigenvalue weighted by molar-refractivity contribution is -0.110. The first kappa shape index (κ1) is 7.78. The summed E-state index contributed by atoms with van der Waals surface area (Å²) in [5.41, 5.74) is 0. The predicted octanol–water partition coefficient (Wildman–Crippen LogP) is 0.790. The van der Waals surface area contributed by atoms with Crippen LogP contribution < -0.4 is 5.32 Å². The number of carbonyl (C=O) groups is 1. The number of hydrogen-bond acceptors (Lipinski definition) is 3. The normalized spacial score (nSPS) is 12.5. The highest BCUT2D eigenvalue weighted by Gasteiger charge is 2.08. The fourth-order valence-electron chi connectivity index (χ4n) is 0.746. The molecule has 4 heteroatoms. The summed E-state index contributed by atoms with van der Waals surface area (Å²) in [6.45, 7) is 3.61. The Morgan fingerprint density at radius 3 is 3.00 bits per heavy atom. The molecular weight excluding hydrogens is 144 g/mol. The summed E-state index contributed by atoms with van der Waals surface area (Å²) in [5, 5.41) is 2.54. The number of aromatic nitrogens is 1. The summed E-state index contributed by atoms with van der Waals surface area (Å²) >= 11 is 0. The van der Waals surface area contributed by atoms with Crippen LogP contribution in [0.2, 0.25) is 0 Å². The predicted molar refractivity (Wildman–Crippen MR) is 38.9 cm³/mol. The third-order valence-electron chi connectivity index (χ3n) is 1.33. The molecule has 0 saturated heterocycles. The number of nitrogens with zero attached hydrogens (tertiary/aromatic N) is 1. The average Bonchev–Trinajstić information content (AvgIpc) is 2.36. The van der Waals surface area contributed by atoms with Gasteiger partial charge in [-0.3, -0.25) is 4.79 Å². The third-order valence-corrected chi connectivity index (χ3v) is 1.33. The fraction of sp³-hybridized carbons (Fsp3) is 0.429. The van der Waals surface area contributed by atoms with Gasteiger partial charge in [-0.25, -0.2) is 4.98 Å². The molecule has 1 aromatic rings. The van der Waals surface area contributed by atoms with Crippen LogP contribution in [-0.4, -0.2) is 11.4 Å². The number of hydrogen-bond donors (Lipinski definition) is 1. The molecule has 1 rings (SSSR count). The van der Waals surface area contributed by atoms with E-state index >= 15 is 0 Å². The molecule has 0 saturated carbocycles. The van der Waals surface area contributed by atoms with Crippen molar-refractivity contribution in [3.8, 4) is 0 Å². The van der Waals surface area contributed by atoms with Crippen molar-refractivity contribution in [2.24, 2.45) is 0 Å². The van der Waals surface area contributed by atoms with Gasteiger partial charge in [-0.1, -0.05) is 0 Å². The molecule has 0 bridgehead atoms. The van der Waals surface area contributed by atoms with Gasteiger partial charge in [-0.05, 0) is 13.8 Å². The number of rotatable bonds is 3. The van der Waals surface area contributed by atoms with E-state index in [1.807, 2.05) is 6.92 Å². The molecule has 1 atom stereocenters. The second kappa shape index (κ2) is 3.18. The molecule has 4 nitrogen and oxygen atoms in total. The molecule has 1 unspecified atom stereocenters. The molecule has 0 fully saturated rings. The number of carbonyl (C=O) groups excluding carboxylic acids is 1. The second-order valence-electron chi connectivity index (χ2n) is 2.32. The number of oxazole rings is 1. The van der Waals surface area contributed by atoms with Gasteiger partial charge >= 0.3 is 0 Å². The van der Waals surface area contributed by atoms with Crippen LogP contribution in [0.4, 0.5) is 0 Å². The highest BCUT2D eigenvalue weighted by molar-refractivity contribution is 5.46. The van der Waals surface area contributed by atoms with Crippen LogP contribution in [0.1, 0.15) is 24.6 Å². The van der Waals surface area contributed by atoms with Gasteiger partial charge in [0.15, 0.2) is 0 Å². The summed E-state index contributed by atoms with van der Waals surface area (Å²) in [6, 6.07) is -0.152. The van der Waals surface area contributed by atoms with E-state index in [1.54, 1.807) is 13.1 Å². The maximum Gasteiger partial charge on any atom is 0.216 e. The Bertz CT molecular complexity index is 244. The Labute approximate surface area is 64.6 Å². The van der Waals surface area contributed by atoms with Gasteiger partial charge in [-0.2, -0.15) is 0 Å². The molecule has 1 heterocycles. The summed E-state index contributed by atoms with van der Waals surface area (Å²) in [6.07, 6.45) is 2.25. The molecule has 60 valence electrons. The summed E-state index contributed by atoms with van der Waals surface area (Å²) < 4.78 is 5.17. The maximum atomic E-state index is 10.0. The Morgan fingerprint density at radius 1 is 1.82 bits per heavy atom. The fourth-order valence-corrected chi connectivity index (χ4v) is 0.746. The van der Waals surface area contributed by atoms with Crippen LogP contribution in [0, 0.1) is 6.92 Å². The van der Waals surface area contributed by atoms with Crippen molar-refractivity contribution in [1.29, 1.82) is 0 Å². The van der Waals surface area contributed by atoms with E-state index in [0.717, 1.165) is 5.76 Å². The molecule has 0 aliphatic heterocycles. The van der Waals surface area contributed by atoms with E-state index in [4.69, 9.17) is 4.42 Å². The van der Waals surface area contributed by atoms with Gasteiger partial charge in [0.2, 0.25) is 12.3 Å². The molecular formula is C7H10N2O2. The molecule has 1 aromatic heterocycles. The average molecular weight is 154 g/mol. The minimum atomic E-state index is -0.152. The van der Waals surface area contributed by atoms with Gasteiger partial charge in [-0.15, -0.1) is 0 Å². The van der Waals surface area contributed by atoms with E-state index in [1.165, 1.54) is 0 Å². The van der Waals surface area contributed by atoms with Gasteiger partial charge in [0.25, 0.3) is 0 Å². The van der Waals surface area contributed by atoms with Crippen LogP contribution in [0.25, 0.3) is 0 Å². The molecule has 0 aromatic carbocycles. The second-order valence-corrected chi connectivity index (χ2v) is 2.32. The number of nitrogens with one attached hydrogen (secondary N) is 1. The lowest BCUT2D eigenvalue weighted by Gasteiger charge is -2.03. The minimum absolute atomic E-state index is 0.152. The topological polar surface area (TPSA) is 55.1 Å². The van der Waals surface area contributed by atoms with Crippen molar-refractivity contribution < 1.29 is 9.21 Å². The maximum absolute atomic E-state index is 10.0. The molecule has 11 heavy (non-hydrogen) atoms. The number of amides is 1. The molecule has 0 aliphatic carbocycles. The van der Waals surface area contributed by atoms with Gasteiger partial charge in [0, 0.05) is 0 Å². The van der Waals surface area contributed by atoms with Crippen molar-refractivity contribution >= 4 is 6.41 Å². The molecule has 0 radical (unpaired) electrons. The molecule has 0 aliphatic rings. The minimum Gasteiger partial charge on any atom is -0.444 e. The zero-order valence-electron chi connectivity index (χ0n) is 6.50. The monoisotopic (exact) mass is 154 g/mol. The van der Waals surface area contributed by atoms with Crippen LogP contribution in [0.3, 0.4) is 0 Å². The Morgan fingerprint density at radius 2 is 2.55 bits per heavy atom. The zero-order valence-corrected chi connectivity index (χ0v) is 6.50. The van der Waals surface area contributed by atoms with Gasteiger partial charge < -0.3 is 9.73 Å². The van der Waals surface area contributed by atoms with E-state index in [0.29, 0.717) is 12.3 Å². The Kier molecular flexibility index (Phi) is 2.25. The summed E-state index contributed by atoms with van der Waals surface area (Å²) in [7, 11) is 0. The molecule has 0 spiro atoms. The third kappa shape index (κ3) is 1.80. The van der Waals surface area contributed by atoms with E-state index < -0.39 is 0 Å². The lowest BCUT2D eigenvalue weighted by Crippen LogP contribution is -2.16. The highest BCUT2D eigenvalue weighted by Crippen LogP contribution is 2.10. The van der Waals surface area contributed by atoms with E-state index in [9.17, 15) is 4.79 Å². The smallest absolute Gasteiger partial charge is 0.216 e. The Balaban J connectivity index is 2.67. The standard InChI is InChI=1S/C7H10N2O2/c1-5-3-8-7(11-5)6(2)9-4-10/h3-4,6H,1-2H3,(H,9,10). The van der Waals surface area contributed by atoms with Crippen LogP contribution in [0.15, 0.2) is 10.6 Å². The first-order valence-electron chi connectivity index (χ1n) is 3.36. The van der Waals surface area contributed by atoms with Crippen molar-refractivity contribution in [2.45, 2.75) is 19.9 Å². The van der Waals surface area contributed by atoms with Gasteiger partial charge in [0.1, 0.15) is 11.8 Å². The first-order chi connectivity index (χ1) is 5.24. The first-order valence-corrected chi connectivity index (χ1v) is 3.36. The van der Waals surface area contributed by atoms with E-state index in [-0.39, 0.29) is 6.04 Å². The lowest BCUT2D eigenvalue weighted by atomic mass is 10.3. The summed E-state index contributed by atoms with van der Waals surface area (Å²) in [5.74, 6) is 1.29. The van der Waals surface area contributed by atoms with Crippen molar-refractivity contribution in [3.05, 3.63) is 17.8 Å². The molecule has 1 amide bonds. The van der Waals surface area contributed by atoms with Crippen LogP contribution in [-0.2, 0) is 4.79 Å². The van der Waals surface area contributed by atoms with Gasteiger partial charge in [0.05, 0.1) is 6.20 Å². The SMILES string of the molecule is Cc1cnc(C(C)NC=O)o1. The van der Waals surface area contributed by atoms with Crippen LogP contribution in [0.5, 0.6) is 0 Å². The van der Waals surface area contributed by atoms with Crippen molar-refractivity contribution in [2.75, 3.05) is 0 Å². The highest BCUT2D eigenvalue weighted by atomic mass is 16.4. The zero-order chi connectivity index (χ0) is 8.27. The van der Waals surface area contributed by atoms with Crippen molar-refractivity contribution in [1.82, 2.24) is 10.3 Å². The molecule has 1 N–H and O–H groups in total. The van der Waals surface area contributed by atoms with Crippen LogP contribution >= 0.6 is 0 Å². The van der Waals surface area contributed by atoms with E-state index in [2.05, 4.69) is 10.3 Å². The number of aryl methyl sites for hydroxylation is 1. The van der Waals surface area contributed by atoms with Crippen molar-refractivity contribution in [3.63, 3.8) is 0 Å². The quantitative estimate of drug-likeness (QED) is 0.655. The Hall–Kier alpha value is -1.32.